The molecule has 3 aromatic carbocycles. The van der Waals surface area contributed by atoms with Crippen molar-refractivity contribution in [3.63, 3.8) is 0 Å². The lowest BCUT2D eigenvalue weighted by Gasteiger charge is -2.13. The zero-order valence-corrected chi connectivity index (χ0v) is 18.8. The fraction of sp³-hybridized carbons (Fsp3) is 0.231. The van der Waals surface area contributed by atoms with Gasteiger partial charge in [-0.25, -0.2) is 4.98 Å². The summed E-state index contributed by atoms with van der Waals surface area (Å²) in [5, 5.41) is 3.05. The number of methoxy groups -OCH3 is 2. The van der Waals surface area contributed by atoms with Gasteiger partial charge in [0.25, 0.3) is 0 Å². The molecule has 1 N–H and O–H groups in total. The molecular formula is C26H27N3O3. The van der Waals surface area contributed by atoms with Gasteiger partial charge in [0.05, 0.1) is 25.3 Å². The Balaban J connectivity index is 1.65. The molecule has 1 aromatic heterocycles. The molecule has 6 nitrogen and oxygen atoms in total. The number of hydrogen-bond acceptors (Lipinski definition) is 4. The highest BCUT2D eigenvalue weighted by Crippen LogP contribution is 2.29. The van der Waals surface area contributed by atoms with Crippen molar-refractivity contribution in [3.05, 3.63) is 83.2 Å². The molecule has 0 saturated carbocycles. The van der Waals surface area contributed by atoms with E-state index >= 15 is 0 Å². The van der Waals surface area contributed by atoms with Crippen molar-refractivity contribution >= 4 is 22.6 Å². The van der Waals surface area contributed by atoms with E-state index in [2.05, 4.69) is 5.32 Å². The second-order valence-corrected chi connectivity index (χ2v) is 7.76. The van der Waals surface area contributed by atoms with Crippen LogP contribution in [0.15, 0.2) is 60.7 Å². The summed E-state index contributed by atoms with van der Waals surface area (Å²) in [7, 11) is 3.24. The lowest BCUT2D eigenvalue weighted by Crippen LogP contribution is -2.21. The predicted molar refractivity (Wildman–Crippen MR) is 127 cm³/mol. The molecular weight excluding hydrogens is 402 g/mol. The Hall–Kier alpha value is -3.80. The normalized spacial score (nSPS) is 10.9. The Bertz CT molecular complexity index is 1280. The van der Waals surface area contributed by atoms with Gasteiger partial charge in [0.1, 0.15) is 12.4 Å². The average Bonchev–Trinajstić information content (AvgIpc) is 3.13. The number of carbonyl (C=O) groups is 1. The molecule has 0 fully saturated rings. The maximum atomic E-state index is 13.0. The summed E-state index contributed by atoms with van der Waals surface area (Å²) in [5.41, 5.74) is 5.86. The van der Waals surface area contributed by atoms with E-state index in [4.69, 9.17) is 14.5 Å². The predicted octanol–water partition coefficient (Wildman–Crippen LogP) is 4.90. The SMILES string of the molecule is COc1ccc(Cc2nc3ccccc3n2CC(=O)Nc2cccc(C)c2C)cc1OC. The average molecular weight is 430 g/mol. The number of amides is 1. The van der Waals surface area contributed by atoms with Crippen molar-refractivity contribution in [2.24, 2.45) is 0 Å². The van der Waals surface area contributed by atoms with Crippen LogP contribution in [0.5, 0.6) is 11.5 Å². The van der Waals surface area contributed by atoms with Crippen molar-refractivity contribution in [1.82, 2.24) is 9.55 Å². The summed E-state index contributed by atoms with van der Waals surface area (Å²) in [5.74, 6) is 2.07. The molecule has 1 heterocycles. The summed E-state index contributed by atoms with van der Waals surface area (Å²) in [4.78, 5) is 17.8. The standard InChI is InChI=1S/C26H27N3O3/c1-17-8-7-10-20(18(17)2)28-26(30)16-29-22-11-6-5-9-21(22)27-25(29)15-19-12-13-23(31-3)24(14-19)32-4/h5-14H,15-16H2,1-4H3,(H,28,30). The number of ether oxygens (including phenoxy) is 2. The van der Waals surface area contributed by atoms with Gasteiger partial charge in [-0.2, -0.15) is 0 Å². The first-order valence-electron chi connectivity index (χ1n) is 10.5. The minimum atomic E-state index is -0.0876. The van der Waals surface area contributed by atoms with Crippen LogP contribution in [-0.4, -0.2) is 29.7 Å². The van der Waals surface area contributed by atoms with E-state index in [0.717, 1.165) is 39.2 Å². The Morgan fingerprint density at radius 3 is 2.53 bits per heavy atom. The molecule has 0 aliphatic heterocycles. The van der Waals surface area contributed by atoms with Crippen LogP contribution >= 0.6 is 0 Å². The van der Waals surface area contributed by atoms with E-state index in [1.165, 1.54) is 0 Å². The van der Waals surface area contributed by atoms with Crippen molar-refractivity contribution in [1.29, 1.82) is 0 Å². The van der Waals surface area contributed by atoms with Crippen molar-refractivity contribution < 1.29 is 14.3 Å². The minimum absolute atomic E-state index is 0.0876. The van der Waals surface area contributed by atoms with E-state index < -0.39 is 0 Å². The molecule has 4 aromatic rings. The number of aromatic nitrogens is 2. The highest BCUT2D eigenvalue weighted by Gasteiger charge is 2.16. The Morgan fingerprint density at radius 1 is 0.969 bits per heavy atom. The van der Waals surface area contributed by atoms with Crippen molar-refractivity contribution in [3.8, 4) is 11.5 Å². The summed E-state index contributed by atoms with van der Waals surface area (Å²) < 4.78 is 12.8. The van der Waals surface area contributed by atoms with Crippen LogP contribution in [0.4, 0.5) is 5.69 Å². The molecule has 164 valence electrons. The van der Waals surface area contributed by atoms with Gasteiger partial charge in [0, 0.05) is 12.1 Å². The van der Waals surface area contributed by atoms with Gasteiger partial charge in [-0.05, 0) is 60.9 Å². The van der Waals surface area contributed by atoms with E-state index in [0.29, 0.717) is 17.9 Å². The number of hydrogen-bond donors (Lipinski definition) is 1. The fourth-order valence-corrected chi connectivity index (χ4v) is 3.83. The largest absolute Gasteiger partial charge is 0.493 e. The Labute approximate surface area is 187 Å². The van der Waals surface area contributed by atoms with Gasteiger partial charge >= 0.3 is 0 Å². The van der Waals surface area contributed by atoms with Crippen LogP contribution in [0.25, 0.3) is 11.0 Å². The number of rotatable bonds is 7. The number of carbonyl (C=O) groups excluding carboxylic acids is 1. The van der Waals surface area contributed by atoms with Gasteiger partial charge < -0.3 is 19.4 Å². The second kappa shape index (κ2) is 9.14. The number of anilines is 1. The lowest BCUT2D eigenvalue weighted by atomic mass is 10.1. The smallest absolute Gasteiger partial charge is 0.244 e. The number of benzene rings is 3. The highest BCUT2D eigenvalue weighted by molar-refractivity contribution is 5.92. The molecule has 4 rings (SSSR count). The zero-order chi connectivity index (χ0) is 22.7. The Kier molecular flexibility index (Phi) is 6.12. The summed E-state index contributed by atoms with van der Waals surface area (Å²) in [6.45, 7) is 4.23. The molecule has 0 aliphatic carbocycles. The second-order valence-electron chi connectivity index (χ2n) is 7.76. The third-order valence-corrected chi connectivity index (χ3v) is 5.72. The first-order valence-corrected chi connectivity index (χ1v) is 10.5. The van der Waals surface area contributed by atoms with Gasteiger partial charge in [-0.1, -0.05) is 30.3 Å². The first kappa shape index (κ1) is 21.4. The zero-order valence-electron chi connectivity index (χ0n) is 18.8. The summed E-state index contributed by atoms with van der Waals surface area (Å²) in [6, 6.07) is 19.6. The van der Waals surface area contributed by atoms with Gasteiger partial charge in [-0.3, -0.25) is 4.79 Å². The first-order chi connectivity index (χ1) is 15.5. The lowest BCUT2D eigenvalue weighted by molar-refractivity contribution is -0.116. The molecule has 6 heteroatoms. The molecule has 32 heavy (non-hydrogen) atoms. The molecule has 0 saturated heterocycles. The quantitative estimate of drug-likeness (QED) is 0.454. The third kappa shape index (κ3) is 4.30. The van der Waals surface area contributed by atoms with E-state index in [-0.39, 0.29) is 12.5 Å². The number of imidazole rings is 1. The maximum absolute atomic E-state index is 13.0. The Morgan fingerprint density at radius 2 is 1.75 bits per heavy atom. The van der Waals surface area contributed by atoms with Crippen molar-refractivity contribution in [2.75, 3.05) is 19.5 Å². The molecule has 1 amide bonds. The molecule has 0 spiro atoms. The van der Waals surface area contributed by atoms with Gasteiger partial charge in [-0.15, -0.1) is 0 Å². The molecule has 0 bridgehead atoms. The molecule has 0 radical (unpaired) electrons. The summed E-state index contributed by atoms with van der Waals surface area (Å²) in [6.07, 6.45) is 0.561. The van der Waals surface area contributed by atoms with Gasteiger partial charge in [0.15, 0.2) is 11.5 Å². The number of nitrogens with one attached hydrogen (secondary N) is 1. The fourth-order valence-electron chi connectivity index (χ4n) is 3.83. The number of para-hydroxylation sites is 2. The van der Waals surface area contributed by atoms with E-state index in [9.17, 15) is 4.79 Å². The van der Waals surface area contributed by atoms with Crippen LogP contribution in [0.2, 0.25) is 0 Å². The van der Waals surface area contributed by atoms with Crippen molar-refractivity contribution in [2.45, 2.75) is 26.8 Å². The van der Waals surface area contributed by atoms with Crippen LogP contribution in [0.1, 0.15) is 22.5 Å². The highest BCUT2D eigenvalue weighted by atomic mass is 16.5. The van der Waals surface area contributed by atoms with Crippen LogP contribution in [0, 0.1) is 13.8 Å². The van der Waals surface area contributed by atoms with E-state index in [1.807, 2.05) is 79.1 Å². The third-order valence-electron chi connectivity index (χ3n) is 5.72. The molecule has 0 atom stereocenters. The molecule has 0 unspecified atom stereocenters. The molecule has 0 aliphatic rings. The van der Waals surface area contributed by atoms with Crippen LogP contribution < -0.4 is 14.8 Å². The van der Waals surface area contributed by atoms with Crippen LogP contribution in [-0.2, 0) is 17.8 Å². The topological polar surface area (TPSA) is 65.4 Å². The van der Waals surface area contributed by atoms with E-state index in [1.54, 1.807) is 14.2 Å². The monoisotopic (exact) mass is 429 g/mol. The van der Waals surface area contributed by atoms with Gasteiger partial charge in [0.2, 0.25) is 5.91 Å². The summed E-state index contributed by atoms with van der Waals surface area (Å²) >= 11 is 0. The maximum Gasteiger partial charge on any atom is 0.244 e. The van der Waals surface area contributed by atoms with Crippen LogP contribution in [0.3, 0.4) is 0 Å². The minimum Gasteiger partial charge on any atom is -0.493 e. The number of aryl methyl sites for hydroxylation is 1. The number of nitrogens with zero attached hydrogens (tertiary/aromatic N) is 2. The number of fused-ring (bicyclic) bond motifs is 1.